The van der Waals surface area contributed by atoms with Crippen molar-refractivity contribution in [1.82, 2.24) is 4.98 Å². The standard InChI is InChI=1S/C9H9F2NO4/c1-16-5(13)2-4-3-12-9(15)7(14)6(4)8(10)11/h3,8,14H,2H2,1H3,(H,12,15). The van der Waals surface area contributed by atoms with E-state index in [9.17, 15) is 18.4 Å². The van der Waals surface area contributed by atoms with Gasteiger partial charge >= 0.3 is 5.97 Å². The number of hydrogen-bond acceptors (Lipinski definition) is 4. The van der Waals surface area contributed by atoms with Crippen LogP contribution in [0.5, 0.6) is 5.75 Å². The summed E-state index contributed by atoms with van der Waals surface area (Å²) in [5.41, 5.74) is -2.03. The second-order valence-electron chi connectivity index (χ2n) is 2.96. The fraction of sp³-hybridized carbons (Fsp3) is 0.333. The molecule has 0 bridgehead atoms. The van der Waals surface area contributed by atoms with E-state index in [0.29, 0.717) is 0 Å². The Morgan fingerprint density at radius 2 is 2.25 bits per heavy atom. The summed E-state index contributed by atoms with van der Waals surface area (Å²) in [5, 5.41) is 9.16. The summed E-state index contributed by atoms with van der Waals surface area (Å²) in [6.07, 6.45) is -2.52. The Labute approximate surface area is 88.7 Å². The first-order chi connectivity index (χ1) is 7.47. The van der Waals surface area contributed by atoms with Crippen LogP contribution in [0.15, 0.2) is 11.0 Å². The molecule has 1 rings (SSSR count). The number of carbonyl (C=O) groups is 1. The first-order valence-corrected chi connectivity index (χ1v) is 4.25. The van der Waals surface area contributed by atoms with Crippen LogP contribution in [0.3, 0.4) is 0 Å². The molecule has 1 aromatic rings. The van der Waals surface area contributed by atoms with E-state index >= 15 is 0 Å². The molecule has 0 aliphatic rings. The molecular weight excluding hydrogens is 224 g/mol. The van der Waals surface area contributed by atoms with Crippen molar-refractivity contribution in [3.63, 3.8) is 0 Å². The minimum absolute atomic E-state index is 0.168. The van der Waals surface area contributed by atoms with Crippen molar-refractivity contribution < 1.29 is 23.4 Å². The summed E-state index contributed by atoms with van der Waals surface area (Å²) in [4.78, 5) is 23.9. The molecule has 0 amide bonds. The summed E-state index contributed by atoms with van der Waals surface area (Å²) in [5.74, 6) is -1.82. The predicted octanol–water partition coefficient (Wildman–Crippen LogP) is 0.734. The first kappa shape index (κ1) is 12.2. The molecule has 0 aliphatic heterocycles. The maximum absolute atomic E-state index is 12.6. The Bertz CT molecular complexity index is 455. The van der Waals surface area contributed by atoms with Gasteiger partial charge in [-0.1, -0.05) is 0 Å². The molecule has 16 heavy (non-hydrogen) atoms. The Morgan fingerprint density at radius 1 is 1.62 bits per heavy atom. The van der Waals surface area contributed by atoms with Gasteiger partial charge in [0.2, 0.25) is 0 Å². The van der Waals surface area contributed by atoms with E-state index in [-0.39, 0.29) is 5.56 Å². The lowest BCUT2D eigenvalue weighted by atomic mass is 10.1. The van der Waals surface area contributed by atoms with Gasteiger partial charge in [-0.25, -0.2) is 8.78 Å². The number of alkyl halides is 2. The van der Waals surface area contributed by atoms with Crippen molar-refractivity contribution in [2.45, 2.75) is 12.8 Å². The molecule has 0 aromatic carbocycles. The fourth-order valence-corrected chi connectivity index (χ4v) is 1.19. The molecule has 88 valence electrons. The van der Waals surface area contributed by atoms with Crippen molar-refractivity contribution in [2.75, 3.05) is 7.11 Å². The number of esters is 1. The number of rotatable bonds is 3. The first-order valence-electron chi connectivity index (χ1n) is 4.25. The summed E-state index contributed by atoms with van der Waals surface area (Å²) >= 11 is 0. The highest BCUT2D eigenvalue weighted by Gasteiger charge is 2.22. The molecule has 2 N–H and O–H groups in total. The molecular formula is C9H9F2NO4. The largest absolute Gasteiger partial charge is 0.503 e. The van der Waals surface area contributed by atoms with E-state index in [0.717, 1.165) is 13.3 Å². The number of ether oxygens (including phenoxy) is 1. The highest BCUT2D eigenvalue weighted by atomic mass is 19.3. The Kier molecular flexibility index (Phi) is 3.60. The van der Waals surface area contributed by atoms with Crippen LogP contribution in [0.2, 0.25) is 0 Å². The van der Waals surface area contributed by atoms with Gasteiger partial charge in [-0.15, -0.1) is 0 Å². The van der Waals surface area contributed by atoms with E-state index in [1.807, 2.05) is 4.98 Å². The third-order valence-corrected chi connectivity index (χ3v) is 1.97. The smallest absolute Gasteiger partial charge is 0.310 e. The van der Waals surface area contributed by atoms with Crippen LogP contribution in [0.4, 0.5) is 8.78 Å². The van der Waals surface area contributed by atoms with Gasteiger partial charge in [0, 0.05) is 6.20 Å². The SMILES string of the molecule is COC(=O)Cc1c[nH]c(=O)c(O)c1C(F)F. The van der Waals surface area contributed by atoms with Crippen molar-refractivity contribution in [2.24, 2.45) is 0 Å². The molecule has 7 heteroatoms. The minimum atomic E-state index is -3.04. The summed E-state index contributed by atoms with van der Waals surface area (Å²) < 4.78 is 29.4. The number of aromatic hydroxyl groups is 1. The van der Waals surface area contributed by atoms with E-state index < -0.39 is 35.7 Å². The van der Waals surface area contributed by atoms with Crippen molar-refractivity contribution in [1.29, 1.82) is 0 Å². The average Bonchev–Trinajstić information content (AvgIpc) is 2.23. The van der Waals surface area contributed by atoms with Gasteiger partial charge in [-0.05, 0) is 5.56 Å². The van der Waals surface area contributed by atoms with E-state index in [1.54, 1.807) is 0 Å². The third kappa shape index (κ3) is 2.36. The van der Waals surface area contributed by atoms with Crippen molar-refractivity contribution in [3.05, 3.63) is 27.7 Å². The zero-order valence-corrected chi connectivity index (χ0v) is 8.29. The van der Waals surface area contributed by atoms with Gasteiger partial charge < -0.3 is 14.8 Å². The minimum Gasteiger partial charge on any atom is -0.503 e. The molecule has 0 fully saturated rings. The lowest BCUT2D eigenvalue weighted by Gasteiger charge is -2.08. The molecule has 0 radical (unpaired) electrons. The van der Waals surface area contributed by atoms with Gasteiger partial charge in [-0.3, -0.25) is 9.59 Å². The quantitative estimate of drug-likeness (QED) is 0.754. The van der Waals surface area contributed by atoms with E-state index in [1.165, 1.54) is 0 Å². The number of halogens is 2. The summed E-state index contributed by atoms with van der Waals surface area (Å²) in [6, 6.07) is 0. The Morgan fingerprint density at radius 3 is 2.75 bits per heavy atom. The summed E-state index contributed by atoms with van der Waals surface area (Å²) in [7, 11) is 1.11. The van der Waals surface area contributed by atoms with Crippen LogP contribution in [-0.2, 0) is 16.0 Å². The molecule has 0 atom stereocenters. The maximum atomic E-state index is 12.6. The number of nitrogens with one attached hydrogen (secondary N) is 1. The lowest BCUT2D eigenvalue weighted by Crippen LogP contribution is -2.14. The number of hydrogen-bond donors (Lipinski definition) is 2. The van der Waals surface area contributed by atoms with Gasteiger partial charge in [0.05, 0.1) is 19.1 Å². The van der Waals surface area contributed by atoms with E-state index in [4.69, 9.17) is 5.11 Å². The van der Waals surface area contributed by atoms with Crippen molar-refractivity contribution >= 4 is 5.97 Å². The Balaban J connectivity index is 3.23. The number of carbonyl (C=O) groups excluding carboxylic acids is 1. The lowest BCUT2D eigenvalue weighted by molar-refractivity contribution is -0.139. The van der Waals surface area contributed by atoms with Crippen LogP contribution in [-0.4, -0.2) is 23.2 Å². The van der Waals surface area contributed by atoms with Crippen LogP contribution < -0.4 is 5.56 Å². The Hall–Kier alpha value is -1.92. The highest BCUT2D eigenvalue weighted by Crippen LogP contribution is 2.28. The normalized spacial score (nSPS) is 10.5. The molecule has 0 spiro atoms. The monoisotopic (exact) mass is 233 g/mol. The molecule has 1 aromatic heterocycles. The molecule has 0 saturated carbocycles. The van der Waals surface area contributed by atoms with E-state index in [2.05, 4.69) is 4.74 Å². The maximum Gasteiger partial charge on any atom is 0.310 e. The molecule has 0 saturated heterocycles. The van der Waals surface area contributed by atoms with Gasteiger partial charge in [-0.2, -0.15) is 0 Å². The molecule has 1 heterocycles. The highest BCUT2D eigenvalue weighted by molar-refractivity contribution is 5.73. The molecule has 5 nitrogen and oxygen atoms in total. The molecule has 0 aliphatic carbocycles. The fourth-order valence-electron chi connectivity index (χ4n) is 1.19. The second-order valence-corrected chi connectivity index (χ2v) is 2.96. The zero-order valence-electron chi connectivity index (χ0n) is 8.29. The number of methoxy groups -OCH3 is 1. The van der Waals surface area contributed by atoms with Crippen LogP contribution >= 0.6 is 0 Å². The van der Waals surface area contributed by atoms with Crippen LogP contribution in [0.25, 0.3) is 0 Å². The van der Waals surface area contributed by atoms with Gasteiger partial charge in [0.15, 0.2) is 5.75 Å². The van der Waals surface area contributed by atoms with Gasteiger partial charge in [0.25, 0.3) is 12.0 Å². The van der Waals surface area contributed by atoms with Gasteiger partial charge in [0.1, 0.15) is 0 Å². The third-order valence-electron chi connectivity index (χ3n) is 1.97. The number of H-pyrrole nitrogens is 1. The van der Waals surface area contributed by atoms with Crippen molar-refractivity contribution in [3.8, 4) is 5.75 Å². The zero-order chi connectivity index (χ0) is 12.3. The number of aromatic amines is 1. The average molecular weight is 233 g/mol. The topological polar surface area (TPSA) is 79.4 Å². The van der Waals surface area contributed by atoms with Crippen LogP contribution in [0.1, 0.15) is 17.6 Å². The van der Waals surface area contributed by atoms with Crippen LogP contribution in [0, 0.1) is 0 Å². The number of pyridine rings is 1. The second kappa shape index (κ2) is 4.73. The summed E-state index contributed by atoms with van der Waals surface area (Å²) in [6.45, 7) is 0. The predicted molar refractivity (Wildman–Crippen MR) is 49.4 cm³/mol. The number of aromatic nitrogens is 1. The molecule has 0 unspecified atom stereocenters.